The average Bonchev–Trinajstić information content (AvgIpc) is 2.27. The number of aliphatic hydroxyl groups is 1. The Morgan fingerprint density at radius 3 is 1.74 bits per heavy atom. The van der Waals surface area contributed by atoms with Gasteiger partial charge in [0.05, 0.1) is 6.42 Å². The standard InChI is InChI=1S/C11H8F6O2/c12-10(13,14)9(19,11(15,16)17)6-8(18)7-4-2-1-3-5-7/h1-5,19H,6H2. The number of ketones is 1. The van der Waals surface area contributed by atoms with Crippen molar-refractivity contribution >= 4 is 5.78 Å². The largest absolute Gasteiger partial charge is 0.426 e. The van der Waals surface area contributed by atoms with Gasteiger partial charge in [-0.05, 0) is 0 Å². The third kappa shape index (κ3) is 3.06. The van der Waals surface area contributed by atoms with Gasteiger partial charge in [0, 0.05) is 5.56 Å². The number of alkyl halides is 6. The van der Waals surface area contributed by atoms with Gasteiger partial charge in [0.15, 0.2) is 5.78 Å². The zero-order valence-electron chi connectivity index (χ0n) is 9.22. The fourth-order valence-electron chi connectivity index (χ4n) is 1.32. The Bertz CT molecular complexity index is 434. The summed E-state index contributed by atoms with van der Waals surface area (Å²) in [4.78, 5) is 11.4. The number of rotatable bonds is 3. The summed E-state index contributed by atoms with van der Waals surface area (Å²) in [7, 11) is 0. The van der Waals surface area contributed by atoms with E-state index in [4.69, 9.17) is 5.11 Å². The lowest BCUT2D eigenvalue weighted by Gasteiger charge is -2.31. The van der Waals surface area contributed by atoms with Crippen LogP contribution in [-0.2, 0) is 0 Å². The lowest BCUT2D eigenvalue weighted by Crippen LogP contribution is -2.57. The quantitative estimate of drug-likeness (QED) is 0.684. The summed E-state index contributed by atoms with van der Waals surface area (Å²) >= 11 is 0. The molecule has 8 heteroatoms. The van der Waals surface area contributed by atoms with Crippen molar-refractivity contribution in [2.75, 3.05) is 0 Å². The molecule has 0 unspecified atom stereocenters. The number of hydrogen-bond acceptors (Lipinski definition) is 2. The molecule has 1 rings (SSSR count). The van der Waals surface area contributed by atoms with Crippen molar-refractivity contribution in [3.05, 3.63) is 35.9 Å². The van der Waals surface area contributed by atoms with Crippen LogP contribution in [0.3, 0.4) is 0 Å². The van der Waals surface area contributed by atoms with Crippen molar-refractivity contribution in [1.82, 2.24) is 0 Å². The second kappa shape index (κ2) is 4.84. The van der Waals surface area contributed by atoms with Gasteiger partial charge in [-0.25, -0.2) is 0 Å². The second-order valence-electron chi connectivity index (χ2n) is 3.82. The highest BCUT2D eigenvalue weighted by atomic mass is 19.4. The summed E-state index contributed by atoms with van der Waals surface area (Å²) in [6.07, 6.45) is -14.1. The first-order valence-electron chi connectivity index (χ1n) is 4.93. The fourth-order valence-corrected chi connectivity index (χ4v) is 1.32. The maximum Gasteiger partial charge on any atom is 0.426 e. The Balaban J connectivity index is 3.08. The highest BCUT2D eigenvalue weighted by Crippen LogP contribution is 2.45. The molecule has 0 fully saturated rings. The van der Waals surface area contributed by atoms with Gasteiger partial charge in [-0.2, -0.15) is 26.3 Å². The van der Waals surface area contributed by atoms with Gasteiger partial charge in [-0.15, -0.1) is 0 Å². The molecule has 0 saturated heterocycles. The Morgan fingerprint density at radius 1 is 0.947 bits per heavy atom. The van der Waals surface area contributed by atoms with Gasteiger partial charge in [-0.3, -0.25) is 4.79 Å². The summed E-state index contributed by atoms with van der Waals surface area (Å²) < 4.78 is 74.1. The van der Waals surface area contributed by atoms with E-state index in [9.17, 15) is 31.1 Å². The number of carbonyl (C=O) groups is 1. The first-order valence-corrected chi connectivity index (χ1v) is 4.93. The van der Waals surface area contributed by atoms with Crippen molar-refractivity contribution in [3.8, 4) is 0 Å². The van der Waals surface area contributed by atoms with Crippen LogP contribution < -0.4 is 0 Å². The zero-order chi connectivity index (χ0) is 14.9. The molecule has 0 saturated carbocycles. The number of halogens is 6. The van der Waals surface area contributed by atoms with Crippen molar-refractivity contribution in [3.63, 3.8) is 0 Å². The molecule has 0 atom stereocenters. The molecular formula is C11H8F6O2. The van der Waals surface area contributed by atoms with Gasteiger partial charge < -0.3 is 5.11 Å². The van der Waals surface area contributed by atoms with Crippen molar-refractivity contribution in [2.24, 2.45) is 0 Å². The summed E-state index contributed by atoms with van der Waals surface area (Å²) in [5.74, 6) is -1.45. The van der Waals surface area contributed by atoms with E-state index < -0.39 is 30.2 Å². The molecule has 1 aromatic rings. The van der Waals surface area contributed by atoms with E-state index >= 15 is 0 Å². The molecule has 0 bridgehead atoms. The minimum Gasteiger partial charge on any atom is -0.373 e. The topological polar surface area (TPSA) is 37.3 Å². The average molecular weight is 286 g/mol. The Morgan fingerprint density at radius 2 is 1.37 bits per heavy atom. The summed E-state index contributed by atoms with van der Waals surface area (Å²) in [5, 5.41) is 8.85. The normalized spacial score (nSPS) is 13.4. The van der Waals surface area contributed by atoms with Gasteiger partial charge in [0.25, 0.3) is 5.60 Å². The van der Waals surface area contributed by atoms with E-state index in [2.05, 4.69) is 0 Å². The van der Waals surface area contributed by atoms with Crippen LogP contribution in [0, 0.1) is 0 Å². The molecule has 0 aromatic heterocycles. The first-order chi connectivity index (χ1) is 8.49. The van der Waals surface area contributed by atoms with E-state index in [0.29, 0.717) is 0 Å². The molecule has 0 aliphatic heterocycles. The molecule has 1 N–H and O–H groups in total. The summed E-state index contributed by atoms with van der Waals surface area (Å²) in [6.45, 7) is 0. The highest BCUT2D eigenvalue weighted by Gasteiger charge is 2.70. The van der Waals surface area contributed by atoms with Gasteiger partial charge in [-0.1, -0.05) is 30.3 Å². The predicted molar refractivity (Wildman–Crippen MR) is 52.4 cm³/mol. The highest BCUT2D eigenvalue weighted by molar-refractivity contribution is 5.96. The molecule has 0 amide bonds. The Kier molecular flexibility index (Phi) is 3.94. The van der Waals surface area contributed by atoms with Gasteiger partial charge >= 0.3 is 12.4 Å². The third-order valence-corrected chi connectivity index (χ3v) is 2.45. The number of benzene rings is 1. The first kappa shape index (κ1) is 15.5. The minimum absolute atomic E-state index is 0.338. The van der Waals surface area contributed by atoms with Gasteiger partial charge in [0.1, 0.15) is 0 Å². The zero-order valence-corrected chi connectivity index (χ0v) is 9.22. The SMILES string of the molecule is O=C(CC(O)(C(F)(F)F)C(F)(F)F)c1ccccc1. The molecule has 2 nitrogen and oxygen atoms in total. The van der Waals surface area contributed by atoms with Crippen molar-refractivity contribution < 1.29 is 36.2 Å². The van der Waals surface area contributed by atoms with Crippen molar-refractivity contribution in [2.45, 2.75) is 24.4 Å². The predicted octanol–water partition coefficient (Wildman–Crippen LogP) is 3.12. The molecule has 106 valence electrons. The second-order valence-corrected chi connectivity index (χ2v) is 3.82. The van der Waals surface area contributed by atoms with Crippen LogP contribution in [-0.4, -0.2) is 28.8 Å². The molecule has 0 radical (unpaired) electrons. The summed E-state index contributed by atoms with van der Waals surface area (Å²) in [5.41, 5.74) is -5.39. The molecule has 0 aliphatic carbocycles. The van der Waals surface area contributed by atoms with E-state index in [1.165, 1.54) is 18.2 Å². The fraction of sp³-hybridized carbons (Fsp3) is 0.364. The van der Waals surface area contributed by atoms with E-state index in [1.807, 2.05) is 0 Å². The maximum atomic E-state index is 12.4. The molecule has 0 heterocycles. The van der Waals surface area contributed by atoms with Crippen LogP contribution in [0.5, 0.6) is 0 Å². The van der Waals surface area contributed by atoms with E-state index in [1.54, 1.807) is 0 Å². The minimum atomic E-state index is -5.99. The van der Waals surface area contributed by atoms with E-state index in [-0.39, 0.29) is 5.56 Å². The van der Waals surface area contributed by atoms with Crippen LogP contribution >= 0.6 is 0 Å². The van der Waals surface area contributed by atoms with Gasteiger partial charge in [0.2, 0.25) is 0 Å². The Labute approximate surface area is 103 Å². The number of carbonyl (C=O) groups excluding carboxylic acids is 1. The monoisotopic (exact) mass is 286 g/mol. The summed E-state index contributed by atoms with van der Waals surface area (Å²) in [6, 6.07) is 6.14. The maximum absolute atomic E-state index is 12.4. The van der Waals surface area contributed by atoms with Crippen LogP contribution in [0.1, 0.15) is 16.8 Å². The lowest BCUT2D eigenvalue weighted by atomic mass is 9.92. The molecule has 0 spiro atoms. The number of hydrogen-bond donors (Lipinski definition) is 1. The van der Waals surface area contributed by atoms with E-state index in [0.717, 1.165) is 12.1 Å². The van der Waals surface area contributed by atoms with Crippen LogP contribution in [0.4, 0.5) is 26.3 Å². The molecule has 1 aromatic carbocycles. The molecule has 19 heavy (non-hydrogen) atoms. The number of Topliss-reactive ketones (excluding diaryl/α,β-unsaturated/α-hetero) is 1. The Hall–Kier alpha value is -1.57. The van der Waals surface area contributed by atoms with Crippen LogP contribution in [0.15, 0.2) is 30.3 Å². The smallest absolute Gasteiger partial charge is 0.373 e. The molecule has 0 aliphatic rings. The van der Waals surface area contributed by atoms with Crippen LogP contribution in [0.25, 0.3) is 0 Å². The third-order valence-electron chi connectivity index (χ3n) is 2.45. The molecular weight excluding hydrogens is 278 g/mol. The van der Waals surface area contributed by atoms with Crippen LogP contribution in [0.2, 0.25) is 0 Å². The van der Waals surface area contributed by atoms with Crippen molar-refractivity contribution in [1.29, 1.82) is 0 Å². The lowest BCUT2D eigenvalue weighted by molar-refractivity contribution is -0.365.